The lowest BCUT2D eigenvalue weighted by molar-refractivity contribution is 0.448. The van der Waals surface area contributed by atoms with Gasteiger partial charge in [0.2, 0.25) is 0 Å². The molecule has 0 spiro atoms. The van der Waals surface area contributed by atoms with Gasteiger partial charge in [0.05, 0.1) is 10.3 Å². The number of rotatable bonds is 4. The van der Waals surface area contributed by atoms with Crippen molar-refractivity contribution < 1.29 is 8.42 Å². The van der Waals surface area contributed by atoms with Crippen molar-refractivity contribution >= 4 is 37.3 Å². The van der Waals surface area contributed by atoms with E-state index in [0.29, 0.717) is 10.0 Å². The van der Waals surface area contributed by atoms with Gasteiger partial charge in [-0.3, -0.25) is 0 Å². The number of sulfonamides is 1. The van der Waals surface area contributed by atoms with Crippen molar-refractivity contribution in [3.8, 4) is 0 Å². The van der Waals surface area contributed by atoms with Gasteiger partial charge in [-0.05, 0) is 34.5 Å². The van der Waals surface area contributed by atoms with E-state index in [1.165, 1.54) is 15.6 Å². The summed E-state index contributed by atoms with van der Waals surface area (Å²) >= 11 is 4.49. The SMILES string of the molecule is CN(Cc1nnc2n1CCC2)S(=O)(=O)c1ccc(Br)s1. The Morgan fingerprint density at radius 1 is 1.45 bits per heavy atom. The molecular weight excluding hydrogens is 364 g/mol. The summed E-state index contributed by atoms with van der Waals surface area (Å²) in [6, 6.07) is 3.34. The van der Waals surface area contributed by atoms with Crippen LogP contribution in [0.2, 0.25) is 0 Å². The molecular formula is C11H13BrN4O2S2. The lowest BCUT2D eigenvalue weighted by Crippen LogP contribution is -2.27. The second-order valence-electron chi connectivity index (χ2n) is 4.61. The normalized spacial score (nSPS) is 14.9. The minimum absolute atomic E-state index is 0.241. The van der Waals surface area contributed by atoms with Gasteiger partial charge in [0.15, 0.2) is 0 Å². The second-order valence-corrected chi connectivity index (χ2v) is 9.34. The summed E-state index contributed by atoms with van der Waals surface area (Å²) in [6.07, 6.45) is 1.97. The van der Waals surface area contributed by atoms with Gasteiger partial charge >= 0.3 is 0 Å². The van der Waals surface area contributed by atoms with Crippen molar-refractivity contribution in [2.24, 2.45) is 0 Å². The Bertz CT molecular complexity index is 737. The molecule has 3 rings (SSSR count). The number of fused-ring (bicyclic) bond motifs is 1. The third-order valence-corrected chi connectivity index (χ3v) is 7.16. The lowest BCUT2D eigenvalue weighted by atomic mass is 10.4. The van der Waals surface area contributed by atoms with Gasteiger partial charge in [0.1, 0.15) is 15.9 Å². The zero-order valence-corrected chi connectivity index (χ0v) is 14.0. The largest absolute Gasteiger partial charge is 0.314 e. The molecule has 0 aromatic carbocycles. The molecule has 0 bridgehead atoms. The van der Waals surface area contributed by atoms with Crippen LogP contribution >= 0.6 is 27.3 Å². The Balaban J connectivity index is 1.84. The fourth-order valence-electron chi connectivity index (χ4n) is 2.20. The van der Waals surface area contributed by atoms with Gasteiger partial charge in [-0.15, -0.1) is 21.5 Å². The fourth-order valence-corrected chi connectivity index (χ4v) is 5.55. The van der Waals surface area contributed by atoms with E-state index in [0.717, 1.165) is 29.0 Å². The van der Waals surface area contributed by atoms with E-state index in [2.05, 4.69) is 26.1 Å². The summed E-state index contributed by atoms with van der Waals surface area (Å²) < 4.78 is 29.3. The summed E-state index contributed by atoms with van der Waals surface area (Å²) in [7, 11) is -1.90. The van der Waals surface area contributed by atoms with Gasteiger partial charge in [0, 0.05) is 20.0 Å². The number of halogens is 1. The van der Waals surface area contributed by atoms with Crippen LogP contribution in [0.4, 0.5) is 0 Å². The minimum Gasteiger partial charge on any atom is -0.314 e. The first-order valence-corrected chi connectivity index (χ1v) is 9.16. The molecule has 0 aliphatic carbocycles. The highest BCUT2D eigenvalue weighted by molar-refractivity contribution is 9.11. The van der Waals surface area contributed by atoms with Crippen molar-refractivity contribution in [1.29, 1.82) is 0 Å². The number of nitrogens with zero attached hydrogens (tertiary/aromatic N) is 4. The maximum absolute atomic E-state index is 12.4. The summed E-state index contributed by atoms with van der Waals surface area (Å²) in [5, 5.41) is 8.19. The van der Waals surface area contributed by atoms with Gasteiger partial charge in [-0.1, -0.05) is 0 Å². The standard InChI is InChI=1S/C11H13BrN4O2S2/c1-15(20(17,18)11-5-4-8(12)19-11)7-10-14-13-9-3-2-6-16(9)10/h4-5H,2-3,6-7H2,1H3. The highest BCUT2D eigenvalue weighted by atomic mass is 79.9. The Labute approximate surface area is 129 Å². The number of hydrogen-bond acceptors (Lipinski definition) is 5. The first-order valence-electron chi connectivity index (χ1n) is 6.11. The molecule has 108 valence electrons. The molecule has 3 heterocycles. The zero-order chi connectivity index (χ0) is 14.3. The molecule has 20 heavy (non-hydrogen) atoms. The molecule has 0 fully saturated rings. The van der Waals surface area contributed by atoms with E-state index >= 15 is 0 Å². The van der Waals surface area contributed by atoms with Crippen LogP contribution in [-0.2, 0) is 29.5 Å². The maximum atomic E-state index is 12.4. The van der Waals surface area contributed by atoms with Crippen LogP contribution in [0, 0.1) is 0 Å². The smallest absolute Gasteiger partial charge is 0.252 e. The molecule has 1 aliphatic rings. The second kappa shape index (κ2) is 5.21. The van der Waals surface area contributed by atoms with Crippen molar-refractivity contribution in [2.45, 2.75) is 30.1 Å². The summed E-state index contributed by atoms with van der Waals surface area (Å²) in [6.45, 7) is 1.11. The molecule has 2 aromatic rings. The van der Waals surface area contributed by atoms with E-state index in [1.807, 2.05) is 4.57 Å². The van der Waals surface area contributed by atoms with Crippen molar-refractivity contribution in [3.05, 3.63) is 27.6 Å². The average molecular weight is 377 g/mol. The molecule has 0 radical (unpaired) electrons. The first-order chi connectivity index (χ1) is 9.48. The molecule has 0 unspecified atom stereocenters. The molecule has 6 nitrogen and oxygen atoms in total. The predicted molar refractivity (Wildman–Crippen MR) is 79.0 cm³/mol. The van der Waals surface area contributed by atoms with E-state index in [4.69, 9.17) is 0 Å². The van der Waals surface area contributed by atoms with Crippen LogP contribution in [0.5, 0.6) is 0 Å². The van der Waals surface area contributed by atoms with Crippen LogP contribution < -0.4 is 0 Å². The van der Waals surface area contributed by atoms with Crippen LogP contribution in [0.25, 0.3) is 0 Å². The van der Waals surface area contributed by atoms with E-state index in [9.17, 15) is 8.42 Å². The first kappa shape index (κ1) is 14.2. The molecule has 0 amide bonds. The highest BCUT2D eigenvalue weighted by Gasteiger charge is 2.26. The van der Waals surface area contributed by atoms with Crippen LogP contribution in [-0.4, -0.2) is 34.5 Å². The van der Waals surface area contributed by atoms with Gasteiger partial charge < -0.3 is 4.57 Å². The summed E-state index contributed by atoms with van der Waals surface area (Å²) in [5.41, 5.74) is 0. The quantitative estimate of drug-likeness (QED) is 0.816. The van der Waals surface area contributed by atoms with Gasteiger partial charge in [-0.2, -0.15) is 4.31 Å². The Hall–Kier alpha value is -0.770. The Morgan fingerprint density at radius 2 is 2.25 bits per heavy atom. The molecule has 1 aliphatic heterocycles. The van der Waals surface area contributed by atoms with Crippen LogP contribution in [0.3, 0.4) is 0 Å². The molecule has 0 N–H and O–H groups in total. The number of hydrogen-bond donors (Lipinski definition) is 0. The summed E-state index contributed by atoms with van der Waals surface area (Å²) in [5.74, 6) is 1.66. The minimum atomic E-state index is -3.47. The number of aryl methyl sites for hydroxylation is 1. The highest BCUT2D eigenvalue weighted by Crippen LogP contribution is 2.28. The molecule has 0 saturated heterocycles. The number of thiophene rings is 1. The van der Waals surface area contributed by atoms with Crippen molar-refractivity contribution in [2.75, 3.05) is 7.05 Å². The fraction of sp³-hybridized carbons (Fsp3) is 0.455. The predicted octanol–water partition coefficient (Wildman–Crippen LogP) is 1.87. The number of aromatic nitrogens is 3. The van der Waals surface area contributed by atoms with Crippen LogP contribution in [0.15, 0.2) is 20.1 Å². The molecule has 0 saturated carbocycles. The monoisotopic (exact) mass is 376 g/mol. The topological polar surface area (TPSA) is 68.1 Å². The van der Waals surface area contributed by atoms with Crippen molar-refractivity contribution in [3.63, 3.8) is 0 Å². The summed E-state index contributed by atoms with van der Waals surface area (Å²) in [4.78, 5) is 0. The Kier molecular flexibility index (Phi) is 3.69. The zero-order valence-electron chi connectivity index (χ0n) is 10.8. The van der Waals surface area contributed by atoms with E-state index in [1.54, 1.807) is 19.2 Å². The maximum Gasteiger partial charge on any atom is 0.252 e. The lowest BCUT2D eigenvalue weighted by Gasteiger charge is -2.15. The van der Waals surface area contributed by atoms with Gasteiger partial charge in [-0.25, -0.2) is 8.42 Å². The van der Waals surface area contributed by atoms with E-state index in [-0.39, 0.29) is 6.54 Å². The van der Waals surface area contributed by atoms with Crippen molar-refractivity contribution in [1.82, 2.24) is 19.1 Å². The van der Waals surface area contributed by atoms with E-state index < -0.39 is 10.0 Å². The Morgan fingerprint density at radius 3 is 2.95 bits per heavy atom. The third kappa shape index (κ3) is 2.43. The average Bonchev–Trinajstić information content (AvgIpc) is 3.07. The molecule has 0 atom stereocenters. The van der Waals surface area contributed by atoms with Crippen LogP contribution in [0.1, 0.15) is 18.1 Å². The molecule has 2 aromatic heterocycles. The third-order valence-electron chi connectivity index (χ3n) is 3.26. The van der Waals surface area contributed by atoms with Gasteiger partial charge in [0.25, 0.3) is 10.0 Å². The molecule has 9 heteroatoms.